The van der Waals surface area contributed by atoms with Crippen LogP contribution in [-0.4, -0.2) is 7.11 Å². The van der Waals surface area contributed by atoms with Gasteiger partial charge in [-0.15, -0.1) is 0 Å². The van der Waals surface area contributed by atoms with Gasteiger partial charge in [-0.05, 0) is 48.9 Å². The lowest BCUT2D eigenvalue weighted by Crippen LogP contribution is -1.94. The first-order valence-corrected chi connectivity index (χ1v) is 6.22. The monoisotopic (exact) mass is 281 g/mol. The van der Waals surface area contributed by atoms with E-state index in [1.165, 1.54) is 0 Å². The summed E-state index contributed by atoms with van der Waals surface area (Å²) in [5.74, 6) is 0.840. The molecular weight excluding hydrogens is 269 g/mol. The quantitative estimate of drug-likeness (QED) is 0.850. The minimum absolute atomic E-state index is 0.535. The highest BCUT2D eigenvalue weighted by Crippen LogP contribution is 2.29. The second kappa shape index (κ2) is 5.51. The van der Waals surface area contributed by atoms with Crippen molar-refractivity contribution in [2.75, 3.05) is 12.4 Å². The van der Waals surface area contributed by atoms with Gasteiger partial charge in [0, 0.05) is 11.4 Å². The Kier molecular flexibility index (Phi) is 4.00. The van der Waals surface area contributed by atoms with Gasteiger partial charge in [0.15, 0.2) is 0 Å². The number of aryl methyl sites for hydroxylation is 1. The van der Waals surface area contributed by atoms with Gasteiger partial charge in [0.05, 0.1) is 17.2 Å². The van der Waals surface area contributed by atoms with Gasteiger partial charge in [0.2, 0.25) is 0 Å². The second-order valence-electron chi connectivity index (χ2n) is 3.93. The van der Waals surface area contributed by atoms with Crippen LogP contribution in [0.3, 0.4) is 0 Å². The first-order chi connectivity index (χ1) is 8.60. The van der Waals surface area contributed by atoms with Gasteiger partial charge in [0.25, 0.3) is 0 Å². The lowest BCUT2D eigenvalue weighted by atomic mass is 10.2. The molecule has 0 bridgehead atoms. The molecule has 0 saturated carbocycles. The summed E-state index contributed by atoms with van der Waals surface area (Å²) in [7, 11) is 1.65. The Morgan fingerprint density at radius 3 is 2.39 bits per heavy atom. The molecule has 2 nitrogen and oxygen atoms in total. The third kappa shape index (κ3) is 2.89. The van der Waals surface area contributed by atoms with Gasteiger partial charge in [0.1, 0.15) is 5.75 Å². The Balaban J connectivity index is 2.25. The standard InChI is InChI=1S/C14H13Cl2NO/c1-9-7-11(18-2)4-6-14(9)17-10-3-5-12(15)13(16)8-10/h3-8,17H,1-2H3. The van der Waals surface area contributed by atoms with Crippen LogP contribution in [0.2, 0.25) is 10.0 Å². The number of anilines is 2. The summed E-state index contributed by atoms with van der Waals surface area (Å²) in [4.78, 5) is 0. The summed E-state index contributed by atoms with van der Waals surface area (Å²) in [6.45, 7) is 2.02. The molecule has 0 amide bonds. The molecule has 94 valence electrons. The minimum atomic E-state index is 0.535. The summed E-state index contributed by atoms with van der Waals surface area (Å²) in [6.07, 6.45) is 0. The average Bonchev–Trinajstić information content (AvgIpc) is 2.36. The topological polar surface area (TPSA) is 21.3 Å². The molecule has 4 heteroatoms. The molecule has 2 aromatic carbocycles. The molecule has 0 heterocycles. The van der Waals surface area contributed by atoms with Crippen LogP contribution in [-0.2, 0) is 0 Å². The van der Waals surface area contributed by atoms with E-state index in [0.29, 0.717) is 10.0 Å². The van der Waals surface area contributed by atoms with E-state index in [4.69, 9.17) is 27.9 Å². The number of nitrogens with one attached hydrogen (secondary N) is 1. The molecule has 0 atom stereocenters. The summed E-state index contributed by atoms with van der Waals surface area (Å²) in [5.41, 5.74) is 3.01. The molecule has 18 heavy (non-hydrogen) atoms. The van der Waals surface area contributed by atoms with E-state index in [-0.39, 0.29) is 0 Å². The van der Waals surface area contributed by atoms with E-state index in [9.17, 15) is 0 Å². The first kappa shape index (κ1) is 13.1. The van der Waals surface area contributed by atoms with Gasteiger partial charge in [-0.1, -0.05) is 23.2 Å². The molecule has 0 saturated heterocycles. The number of methoxy groups -OCH3 is 1. The van der Waals surface area contributed by atoms with Crippen molar-refractivity contribution in [2.45, 2.75) is 6.92 Å². The molecule has 2 rings (SSSR count). The highest BCUT2D eigenvalue weighted by molar-refractivity contribution is 6.42. The van der Waals surface area contributed by atoms with Crippen molar-refractivity contribution in [3.63, 3.8) is 0 Å². The van der Waals surface area contributed by atoms with E-state index < -0.39 is 0 Å². The molecule has 0 aliphatic rings. The zero-order valence-corrected chi connectivity index (χ0v) is 11.6. The molecule has 0 radical (unpaired) electrons. The third-order valence-electron chi connectivity index (χ3n) is 2.63. The molecule has 0 aliphatic carbocycles. The summed E-state index contributed by atoms with van der Waals surface area (Å²) in [6, 6.07) is 11.3. The van der Waals surface area contributed by atoms with Gasteiger partial charge < -0.3 is 10.1 Å². The fourth-order valence-electron chi connectivity index (χ4n) is 1.63. The van der Waals surface area contributed by atoms with Crippen LogP contribution in [0, 0.1) is 6.92 Å². The van der Waals surface area contributed by atoms with Gasteiger partial charge in [-0.3, -0.25) is 0 Å². The summed E-state index contributed by atoms with van der Waals surface area (Å²) in [5, 5.41) is 4.38. The molecule has 0 aromatic heterocycles. The van der Waals surface area contributed by atoms with Crippen molar-refractivity contribution < 1.29 is 4.74 Å². The van der Waals surface area contributed by atoms with Crippen LogP contribution >= 0.6 is 23.2 Å². The maximum Gasteiger partial charge on any atom is 0.119 e. The molecule has 0 spiro atoms. The predicted molar refractivity (Wildman–Crippen MR) is 77.5 cm³/mol. The Bertz CT molecular complexity index is 570. The Morgan fingerprint density at radius 2 is 1.78 bits per heavy atom. The highest BCUT2D eigenvalue weighted by Gasteiger charge is 2.03. The number of rotatable bonds is 3. The van der Waals surface area contributed by atoms with Crippen LogP contribution in [0.5, 0.6) is 5.75 Å². The number of benzene rings is 2. The highest BCUT2D eigenvalue weighted by atomic mass is 35.5. The van der Waals surface area contributed by atoms with E-state index in [1.54, 1.807) is 19.2 Å². The maximum atomic E-state index is 5.98. The number of halogens is 2. The van der Waals surface area contributed by atoms with Crippen molar-refractivity contribution in [3.8, 4) is 5.75 Å². The van der Waals surface area contributed by atoms with E-state index in [0.717, 1.165) is 22.7 Å². The Labute approximate surface area is 116 Å². The molecule has 1 N–H and O–H groups in total. The zero-order chi connectivity index (χ0) is 13.1. The lowest BCUT2D eigenvalue weighted by Gasteiger charge is -2.11. The van der Waals surface area contributed by atoms with Crippen LogP contribution in [0.1, 0.15) is 5.56 Å². The molecule has 0 fully saturated rings. The molecule has 0 aliphatic heterocycles. The van der Waals surface area contributed by atoms with Crippen LogP contribution in [0.4, 0.5) is 11.4 Å². The lowest BCUT2D eigenvalue weighted by molar-refractivity contribution is 0.414. The third-order valence-corrected chi connectivity index (χ3v) is 3.37. The van der Waals surface area contributed by atoms with Crippen molar-refractivity contribution in [2.24, 2.45) is 0 Å². The zero-order valence-electron chi connectivity index (χ0n) is 10.1. The fraction of sp³-hybridized carbons (Fsp3) is 0.143. The molecular formula is C14H13Cl2NO. The average molecular weight is 282 g/mol. The van der Waals surface area contributed by atoms with Crippen molar-refractivity contribution >= 4 is 34.6 Å². The largest absolute Gasteiger partial charge is 0.497 e. The van der Waals surface area contributed by atoms with Crippen molar-refractivity contribution in [3.05, 3.63) is 52.0 Å². The maximum absolute atomic E-state index is 5.98. The normalized spacial score (nSPS) is 10.2. The van der Waals surface area contributed by atoms with Gasteiger partial charge >= 0.3 is 0 Å². The first-order valence-electron chi connectivity index (χ1n) is 5.47. The summed E-state index contributed by atoms with van der Waals surface area (Å²) < 4.78 is 5.17. The fourth-order valence-corrected chi connectivity index (χ4v) is 1.93. The van der Waals surface area contributed by atoms with Crippen LogP contribution in [0.15, 0.2) is 36.4 Å². The molecule has 2 aromatic rings. The van der Waals surface area contributed by atoms with Crippen molar-refractivity contribution in [1.29, 1.82) is 0 Å². The second-order valence-corrected chi connectivity index (χ2v) is 4.75. The van der Waals surface area contributed by atoms with E-state index in [1.807, 2.05) is 31.2 Å². The Morgan fingerprint density at radius 1 is 1.00 bits per heavy atom. The van der Waals surface area contributed by atoms with E-state index >= 15 is 0 Å². The van der Waals surface area contributed by atoms with Crippen LogP contribution < -0.4 is 10.1 Å². The minimum Gasteiger partial charge on any atom is -0.497 e. The number of ether oxygens (including phenoxy) is 1. The predicted octanol–water partition coefficient (Wildman–Crippen LogP) is 5.05. The van der Waals surface area contributed by atoms with Gasteiger partial charge in [-0.2, -0.15) is 0 Å². The number of hydrogen-bond acceptors (Lipinski definition) is 2. The number of hydrogen-bond donors (Lipinski definition) is 1. The van der Waals surface area contributed by atoms with Gasteiger partial charge in [-0.25, -0.2) is 0 Å². The Hall–Kier alpha value is -1.38. The summed E-state index contributed by atoms with van der Waals surface area (Å²) >= 11 is 11.9. The smallest absolute Gasteiger partial charge is 0.119 e. The van der Waals surface area contributed by atoms with Crippen molar-refractivity contribution in [1.82, 2.24) is 0 Å². The van der Waals surface area contributed by atoms with Crippen LogP contribution in [0.25, 0.3) is 0 Å². The molecule has 0 unspecified atom stereocenters. The van der Waals surface area contributed by atoms with E-state index in [2.05, 4.69) is 5.32 Å². The SMILES string of the molecule is COc1ccc(Nc2ccc(Cl)c(Cl)c2)c(C)c1.